The molecule has 282 valence electrons. The van der Waals surface area contributed by atoms with E-state index in [0.29, 0.717) is 11.7 Å². The van der Waals surface area contributed by atoms with E-state index < -0.39 is 0 Å². The standard InChI is InChI=1S/C56H38N4/c1-4-14-37(15-5-1)38-24-27-41(28-25-38)50-36-49(40-16-6-2-7-17-40)57-56(58-50)42-29-26-39-30-31-45(35-43(39)34-42)59-52-23-13-11-21-48(52)54-53(59)33-32-47-46-20-10-12-22-51(46)60(55(47)54)44-18-8-3-9-19-44/h1-24,26-36,38H,25H2. The normalized spacial score (nSPS) is 14.1. The Bertz CT molecular complexity index is 3500. The fourth-order valence-electron chi connectivity index (χ4n) is 9.38. The number of aromatic nitrogens is 4. The maximum absolute atomic E-state index is 5.25. The van der Waals surface area contributed by atoms with Gasteiger partial charge in [0.2, 0.25) is 0 Å². The van der Waals surface area contributed by atoms with Crippen LogP contribution in [-0.2, 0) is 0 Å². The van der Waals surface area contributed by atoms with Gasteiger partial charge in [-0.05, 0) is 82.9 Å². The Morgan fingerprint density at radius 2 is 1.13 bits per heavy atom. The highest BCUT2D eigenvalue weighted by Gasteiger charge is 2.21. The summed E-state index contributed by atoms with van der Waals surface area (Å²) in [6, 6.07) is 69.7. The molecule has 0 amide bonds. The minimum absolute atomic E-state index is 0.356. The molecule has 0 saturated carbocycles. The molecule has 8 aromatic carbocycles. The molecule has 0 bridgehead atoms. The monoisotopic (exact) mass is 766 g/mol. The number of rotatable bonds is 6. The molecular weight excluding hydrogens is 729 g/mol. The molecule has 1 aliphatic rings. The van der Waals surface area contributed by atoms with Gasteiger partial charge in [-0.2, -0.15) is 0 Å². The average molecular weight is 767 g/mol. The van der Waals surface area contributed by atoms with Gasteiger partial charge in [-0.15, -0.1) is 0 Å². The molecule has 0 saturated heterocycles. The minimum atomic E-state index is 0.356. The van der Waals surface area contributed by atoms with Gasteiger partial charge in [0.1, 0.15) is 0 Å². The smallest absolute Gasteiger partial charge is 0.160 e. The molecule has 0 radical (unpaired) electrons. The fourth-order valence-corrected chi connectivity index (χ4v) is 9.38. The first-order chi connectivity index (χ1) is 29.7. The van der Waals surface area contributed by atoms with Crippen molar-refractivity contribution < 1.29 is 0 Å². The Labute approximate surface area is 347 Å². The predicted molar refractivity (Wildman–Crippen MR) is 250 cm³/mol. The third-order valence-electron chi connectivity index (χ3n) is 12.2. The quantitative estimate of drug-likeness (QED) is 0.169. The van der Waals surface area contributed by atoms with E-state index >= 15 is 0 Å². The summed E-state index contributed by atoms with van der Waals surface area (Å²) >= 11 is 0. The average Bonchev–Trinajstić information content (AvgIpc) is 3.85. The van der Waals surface area contributed by atoms with Crippen LogP contribution in [0.4, 0.5) is 0 Å². The van der Waals surface area contributed by atoms with Crippen molar-refractivity contribution in [2.24, 2.45) is 0 Å². The molecule has 0 spiro atoms. The van der Waals surface area contributed by atoms with Crippen LogP contribution in [0.3, 0.4) is 0 Å². The van der Waals surface area contributed by atoms with E-state index in [1.165, 1.54) is 54.6 Å². The Kier molecular flexibility index (Phi) is 7.95. The third kappa shape index (κ3) is 5.60. The molecule has 1 aliphatic carbocycles. The maximum Gasteiger partial charge on any atom is 0.160 e. The highest BCUT2D eigenvalue weighted by molar-refractivity contribution is 6.26. The first-order valence-electron chi connectivity index (χ1n) is 20.7. The molecule has 0 aliphatic heterocycles. The van der Waals surface area contributed by atoms with Crippen LogP contribution in [0.2, 0.25) is 0 Å². The lowest BCUT2D eigenvalue weighted by atomic mass is 9.89. The first kappa shape index (κ1) is 34.2. The number of benzene rings is 8. The summed E-state index contributed by atoms with van der Waals surface area (Å²) in [5, 5.41) is 7.28. The van der Waals surface area contributed by atoms with Gasteiger partial charge in [0.25, 0.3) is 0 Å². The topological polar surface area (TPSA) is 35.6 Å². The van der Waals surface area contributed by atoms with Gasteiger partial charge in [0, 0.05) is 50.0 Å². The summed E-state index contributed by atoms with van der Waals surface area (Å²) in [6.45, 7) is 0. The Balaban J connectivity index is 1.01. The largest absolute Gasteiger partial charge is 0.309 e. The Morgan fingerprint density at radius 3 is 1.92 bits per heavy atom. The number of nitrogens with zero attached hydrogens (tertiary/aromatic N) is 4. The molecule has 60 heavy (non-hydrogen) atoms. The molecule has 1 atom stereocenters. The van der Waals surface area contributed by atoms with Crippen LogP contribution in [-0.4, -0.2) is 19.1 Å². The van der Waals surface area contributed by atoms with Crippen LogP contribution in [0.5, 0.6) is 0 Å². The first-order valence-corrected chi connectivity index (χ1v) is 20.7. The molecule has 0 N–H and O–H groups in total. The molecule has 0 fully saturated rings. The lowest BCUT2D eigenvalue weighted by Gasteiger charge is -2.17. The van der Waals surface area contributed by atoms with Crippen molar-refractivity contribution in [1.29, 1.82) is 0 Å². The van der Waals surface area contributed by atoms with Crippen LogP contribution in [0.15, 0.2) is 212 Å². The zero-order valence-corrected chi connectivity index (χ0v) is 32.8. The summed E-state index contributed by atoms with van der Waals surface area (Å²) in [4.78, 5) is 10.5. The maximum atomic E-state index is 5.25. The van der Waals surface area contributed by atoms with Crippen LogP contribution < -0.4 is 0 Å². The van der Waals surface area contributed by atoms with Crippen molar-refractivity contribution in [3.63, 3.8) is 0 Å². The molecule has 1 unspecified atom stereocenters. The van der Waals surface area contributed by atoms with E-state index in [1.54, 1.807) is 0 Å². The number of hydrogen-bond acceptors (Lipinski definition) is 2. The summed E-state index contributed by atoms with van der Waals surface area (Å²) in [5.74, 6) is 1.07. The number of fused-ring (bicyclic) bond motifs is 8. The van der Waals surface area contributed by atoms with E-state index in [0.717, 1.165) is 51.3 Å². The van der Waals surface area contributed by atoms with Crippen LogP contribution in [0.25, 0.3) is 94.0 Å². The Morgan fingerprint density at radius 1 is 0.450 bits per heavy atom. The van der Waals surface area contributed by atoms with Crippen molar-refractivity contribution in [3.8, 4) is 34.0 Å². The SMILES string of the molecule is C1=CC(c2ccccc2)CC=C1c1cc(-c2ccccc2)nc(-c2ccc3ccc(-n4c5ccccc5c5c4ccc4c6ccccc6n(-c6ccccc6)c45)cc3c2)n1. The van der Waals surface area contributed by atoms with E-state index in [2.05, 4.69) is 215 Å². The van der Waals surface area contributed by atoms with Crippen molar-refractivity contribution in [3.05, 3.63) is 224 Å². The second kappa shape index (κ2) is 13.9. The minimum Gasteiger partial charge on any atom is -0.309 e. The number of hydrogen-bond donors (Lipinski definition) is 0. The second-order valence-corrected chi connectivity index (χ2v) is 15.7. The van der Waals surface area contributed by atoms with E-state index in [1.807, 2.05) is 6.07 Å². The summed E-state index contributed by atoms with van der Waals surface area (Å²) < 4.78 is 4.87. The van der Waals surface area contributed by atoms with Gasteiger partial charge in [0.05, 0.1) is 33.5 Å². The van der Waals surface area contributed by atoms with Gasteiger partial charge >= 0.3 is 0 Å². The number of para-hydroxylation sites is 3. The van der Waals surface area contributed by atoms with E-state index in [-0.39, 0.29) is 0 Å². The third-order valence-corrected chi connectivity index (χ3v) is 12.2. The van der Waals surface area contributed by atoms with Gasteiger partial charge in [-0.3, -0.25) is 0 Å². The van der Waals surface area contributed by atoms with E-state index in [9.17, 15) is 0 Å². The molecule has 3 aromatic heterocycles. The zero-order valence-electron chi connectivity index (χ0n) is 32.8. The molecule has 3 heterocycles. The van der Waals surface area contributed by atoms with Crippen molar-refractivity contribution in [2.75, 3.05) is 0 Å². The lowest BCUT2D eigenvalue weighted by molar-refractivity contribution is 0.855. The molecule has 11 aromatic rings. The molecular formula is C56H38N4. The predicted octanol–water partition coefficient (Wildman–Crippen LogP) is 14.3. The van der Waals surface area contributed by atoms with Crippen LogP contribution >= 0.6 is 0 Å². The van der Waals surface area contributed by atoms with Crippen LogP contribution in [0, 0.1) is 0 Å². The molecule has 4 heteroatoms. The van der Waals surface area contributed by atoms with Gasteiger partial charge in [-0.1, -0.05) is 158 Å². The van der Waals surface area contributed by atoms with Gasteiger partial charge in [0.15, 0.2) is 5.82 Å². The summed E-state index contributed by atoms with van der Waals surface area (Å²) in [6.07, 6.45) is 7.79. The lowest BCUT2D eigenvalue weighted by Crippen LogP contribution is -2.02. The van der Waals surface area contributed by atoms with Crippen molar-refractivity contribution >= 4 is 60.0 Å². The van der Waals surface area contributed by atoms with Gasteiger partial charge < -0.3 is 9.13 Å². The zero-order chi connectivity index (χ0) is 39.6. The number of allylic oxidation sites excluding steroid dienone is 4. The van der Waals surface area contributed by atoms with Crippen molar-refractivity contribution in [1.82, 2.24) is 19.1 Å². The van der Waals surface area contributed by atoms with Gasteiger partial charge in [-0.25, -0.2) is 9.97 Å². The fraction of sp³-hybridized carbons (Fsp3) is 0.0357. The Hall–Kier alpha value is -7.82. The van der Waals surface area contributed by atoms with E-state index in [4.69, 9.17) is 9.97 Å². The molecule has 4 nitrogen and oxygen atoms in total. The summed E-state index contributed by atoms with van der Waals surface area (Å²) in [5.41, 5.74) is 13.4. The second-order valence-electron chi connectivity index (χ2n) is 15.7. The molecule has 12 rings (SSSR count). The van der Waals surface area contributed by atoms with Crippen molar-refractivity contribution in [2.45, 2.75) is 12.3 Å². The highest BCUT2D eigenvalue weighted by Crippen LogP contribution is 2.42. The van der Waals surface area contributed by atoms with Crippen LogP contribution in [0.1, 0.15) is 23.6 Å². The highest BCUT2D eigenvalue weighted by atomic mass is 15.0. The summed E-state index contributed by atoms with van der Waals surface area (Å²) in [7, 11) is 0.